The lowest BCUT2D eigenvalue weighted by Gasteiger charge is -2.12. The fraction of sp³-hybridized carbons (Fsp3) is 0.179. The van der Waals surface area contributed by atoms with Crippen molar-refractivity contribution in [1.29, 1.82) is 0 Å². The fourth-order valence-corrected chi connectivity index (χ4v) is 3.75. The quantitative estimate of drug-likeness (QED) is 0.168. The van der Waals surface area contributed by atoms with Crippen molar-refractivity contribution in [3.8, 4) is 23.1 Å². The summed E-state index contributed by atoms with van der Waals surface area (Å²) in [5, 5.41) is 12.7. The molecular weight excluding hydrogens is 470 g/mol. The molecule has 1 aromatic heterocycles. The first-order valence-electron chi connectivity index (χ1n) is 11.7. The SMILES string of the molecule is CCOc1ccc(Oc2c(/C=N/NC(=S)Nc3cccc(C)c3C)c(C)nn2-c2ccccc2)cc1. The average molecular weight is 500 g/mol. The van der Waals surface area contributed by atoms with E-state index < -0.39 is 0 Å². The number of ether oxygens (including phenoxy) is 2. The van der Waals surface area contributed by atoms with Gasteiger partial charge in [-0.15, -0.1) is 0 Å². The lowest BCUT2D eigenvalue weighted by Crippen LogP contribution is -2.24. The van der Waals surface area contributed by atoms with Gasteiger partial charge >= 0.3 is 0 Å². The van der Waals surface area contributed by atoms with E-state index in [4.69, 9.17) is 26.8 Å². The molecule has 0 fully saturated rings. The van der Waals surface area contributed by atoms with E-state index in [0.29, 0.717) is 23.3 Å². The monoisotopic (exact) mass is 499 g/mol. The zero-order valence-corrected chi connectivity index (χ0v) is 21.6. The normalized spacial score (nSPS) is 10.9. The van der Waals surface area contributed by atoms with Crippen LogP contribution in [0.2, 0.25) is 0 Å². The molecular formula is C28H29N5O2S. The maximum Gasteiger partial charge on any atom is 0.231 e. The maximum atomic E-state index is 6.31. The number of para-hydroxylation sites is 1. The lowest BCUT2D eigenvalue weighted by molar-refractivity contribution is 0.339. The number of hydrogen-bond donors (Lipinski definition) is 2. The Morgan fingerprint density at radius 2 is 1.69 bits per heavy atom. The molecule has 0 radical (unpaired) electrons. The molecule has 1 heterocycles. The molecule has 0 aliphatic carbocycles. The Balaban J connectivity index is 1.58. The van der Waals surface area contributed by atoms with E-state index >= 15 is 0 Å². The molecule has 0 spiro atoms. The summed E-state index contributed by atoms with van der Waals surface area (Å²) < 4.78 is 13.6. The minimum atomic E-state index is 0.391. The summed E-state index contributed by atoms with van der Waals surface area (Å²) in [6, 6.07) is 23.3. The Hall–Kier alpha value is -4.17. The van der Waals surface area contributed by atoms with Gasteiger partial charge in [0, 0.05) is 5.69 Å². The van der Waals surface area contributed by atoms with E-state index in [1.807, 2.05) is 80.6 Å². The second kappa shape index (κ2) is 11.5. The number of benzene rings is 3. The van der Waals surface area contributed by atoms with Gasteiger partial charge in [-0.05, 0) is 93.5 Å². The largest absolute Gasteiger partial charge is 0.494 e. The second-order valence-corrected chi connectivity index (χ2v) is 8.54. The number of nitrogens with one attached hydrogen (secondary N) is 2. The van der Waals surface area contributed by atoms with Gasteiger partial charge in [0.2, 0.25) is 5.88 Å². The number of anilines is 1. The standard InChI is InChI=1S/C28H29N5O2S/c1-5-34-23-14-16-24(17-15-23)35-27-25(21(4)32-33(27)22-11-7-6-8-12-22)18-29-31-28(36)30-26-13-9-10-19(2)20(26)3/h6-18H,5H2,1-4H3,(H2,30,31,36)/b29-18+. The van der Waals surface area contributed by atoms with E-state index in [0.717, 1.165) is 33.9 Å². The highest BCUT2D eigenvalue weighted by Gasteiger charge is 2.18. The third-order valence-corrected chi connectivity index (χ3v) is 5.82. The number of nitrogens with zero attached hydrogens (tertiary/aromatic N) is 3. The molecule has 0 saturated heterocycles. The third kappa shape index (κ3) is 5.90. The van der Waals surface area contributed by atoms with Crippen LogP contribution in [-0.2, 0) is 0 Å². The molecule has 0 bridgehead atoms. The van der Waals surface area contributed by atoms with Crippen LogP contribution in [-0.4, -0.2) is 27.7 Å². The summed E-state index contributed by atoms with van der Waals surface area (Å²) in [4.78, 5) is 0. The van der Waals surface area contributed by atoms with Crippen molar-refractivity contribution in [2.75, 3.05) is 11.9 Å². The predicted octanol–water partition coefficient (Wildman–Crippen LogP) is 6.31. The van der Waals surface area contributed by atoms with E-state index in [2.05, 4.69) is 35.8 Å². The molecule has 2 N–H and O–H groups in total. The molecule has 0 atom stereocenters. The highest BCUT2D eigenvalue weighted by atomic mass is 32.1. The Morgan fingerprint density at radius 1 is 0.972 bits per heavy atom. The average Bonchev–Trinajstić information content (AvgIpc) is 3.19. The van der Waals surface area contributed by atoms with E-state index in [1.165, 1.54) is 5.56 Å². The molecule has 36 heavy (non-hydrogen) atoms. The Bertz CT molecular complexity index is 1360. The first kappa shape index (κ1) is 24.9. The molecule has 0 saturated carbocycles. The number of rotatable bonds is 8. The van der Waals surface area contributed by atoms with Crippen LogP contribution in [0, 0.1) is 20.8 Å². The van der Waals surface area contributed by atoms with Gasteiger partial charge in [0.05, 0.1) is 29.8 Å². The van der Waals surface area contributed by atoms with Crippen LogP contribution in [0.25, 0.3) is 5.69 Å². The summed E-state index contributed by atoms with van der Waals surface area (Å²) in [6.07, 6.45) is 1.67. The van der Waals surface area contributed by atoms with Gasteiger partial charge in [0.1, 0.15) is 11.5 Å². The van der Waals surface area contributed by atoms with Crippen molar-refractivity contribution in [3.63, 3.8) is 0 Å². The van der Waals surface area contributed by atoms with Gasteiger partial charge in [-0.3, -0.25) is 5.43 Å². The van der Waals surface area contributed by atoms with Crippen LogP contribution in [0.15, 0.2) is 77.9 Å². The highest BCUT2D eigenvalue weighted by Crippen LogP contribution is 2.30. The fourth-order valence-electron chi connectivity index (χ4n) is 3.58. The number of hydrogen-bond acceptors (Lipinski definition) is 5. The number of aryl methyl sites for hydroxylation is 2. The molecule has 0 amide bonds. The van der Waals surface area contributed by atoms with Crippen LogP contribution in [0.3, 0.4) is 0 Å². The van der Waals surface area contributed by atoms with E-state index in [1.54, 1.807) is 10.9 Å². The molecule has 0 aliphatic rings. The predicted molar refractivity (Wildman–Crippen MR) is 149 cm³/mol. The molecule has 8 heteroatoms. The summed E-state index contributed by atoms with van der Waals surface area (Å²) in [5.41, 5.74) is 8.53. The molecule has 4 aromatic rings. The van der Waals surface area contributed by atoms with Crippen molar-refractivity contribution in [2.45, 2.75) is 27.7 Å². The van der Waals surface area contributed by atoms with E-state index in [9.17, 15) is 0 Å². The van der Waals surface area contributed by atoms with Crippen molar-refractivity contribution < 1.29 is 9.47 Å². The van der Waals surface area contributed by atoms with Crippen molar-refractivity contribution >= 4 is 29.2 Å². The first-order valence-corrected chi connectivity index (χ1v) is 12.1. The lowest BCUT2D eigenvalue weighted by atomic mass is 10.1. The van der Waals surface area contributed by atoms with Gasteiger partial charge in [-0.2, -0.15) is 14.9 Å². The van der Waals surface area contributed by atoms with Crippen LogP contribution in [0.1, 0.15) is 29.3 Å². The highest BCUT2D eigenvalue weighted by molar-refractivity contribution is 7.80. The minimum Gasteiger partial charge on any atom is -0.494 e. The topological polar surface area (TPSA) is 72.7 Å². The molecule has 7 nitrogen and oxygen atoms in total. The van der Waals surface area contributed by atoms with Crippen molar-refractivity contribution in [1.82, 2.24) is 15.2 Å². The summed E-state index contributed by atoms with van der Waals surface area (Å²) >= 11 is 5.44. The van der Waals surface area contributed by atoms with Crippen LogP contribution in [0.5, 0.6) is 17.4 Å². The minimum absolute atomic E-state index is 0.391. The maximum absolute atomic E-state index is 6.31. The molecule has 0 aliphatic heterocycles. The number of thiocarbonyl (C=S) groups is 1. The van der Waals surface area contributed by atoms with Gasteiger partial charge < -0.3 is 14.8 Å². The summed E-state index contributed by atoms with van der Waals surface area (Å²) in [5.74, 6) is 1.99. The first-order chi connectivity index (χ1) is 17.5. The Morgan fingerprint density at radius 3 is 2.42 bits per heavy atom. The Labute approximate surface area is 216 Å². The van der Waals surface area contributed by atoms with Gasteiger partial charge in [-0.25, -0.2) is 0 Å². The van der Waals surface area contributed by atoms with Gasteiger partial charge in [-0.1, -0.05) is 30.3 Å². The van der Waals surface area contributed by atoms with Gasteiger partial charge in [0.25, 0.3) is 0 Å². The summed E-state index contributed by atoms with van der Waals surface area (Å²) in [6.45, 7) is 8.59. The summed E-state index contributed by atoms with van der Waals surface area (Å²) in [7, 11) is 0. The third-order valence-electron chi connectivity index (χ3n) is 5.63. The van der Waals surface area contributed by atoms with E-state index in [-0.39, 0.29) is 0 Å². The number of hydrazone groups is 1. The van der Waals surface area contributed by atoms with Crippen LogP contribution >= 0.6 is 12.2 Å². The molecule has 3 aromatic carbocycles. The Kier molecular flexibility index (Phi) is 7.97. The van der Waals surface area contributed by atoms with Crippen molar-refractivity contribution in [3.05, 3.63) is 95.2 Å². The zero-order chi connectivity index (χ0) is 25.5. The van der Waals surface area contributed by atoms with Crippen molar-refractivity contribution in [2.24, 2.45) is 5.10 Å². The molecule has 0 unspecified atom stereocenters. The number of aromatic nitrogens is 2. The smallest absolute Gasteiger partial charge is 0.231 e. The molecule has 4 rings (SSSR count). The second-order valence-electron chi connectivity index (χ2n) is 8.13. The zero-order valence-electron chi connectivity index (χ0n) is 20.8. The van der Waals surface area contributed by atoms with Gasteiger partial charge in [0.15, 0.2) is 5.11 Å². The molecule has 184 valence electrons. The van der Waals surface area contributed by atoms with Crippen LogP contribution < -0.4 is 20.2 Å². The van der Waals surface area contributed by atoms with Crippen LogP contribution in [0.4, 0.5) is 5.69 Å².